The van der Waals surface area contributed by atoms with Gasteiger partial charge in [-0.2, -0.15) is 27.0 Å². The van der Waals surface area contributed by atoms with Crippen LogP contribution >= 0.6 is 27.0 Å². The highest BCUT2D eigenvalue weighted by Crippen LogP contribution is 2.37. The molecule has 192 valence electrons. The number of hydrogen-bond donors (Lipinski definition) is 2. The number of nitrogens with one attached hydrogen (secondary N) is 2. The largest absolute Gasteiger partial charge is 0.365 e. The van der Waals surface area contributed by atoms with Crippen molar-refractivity contribution in [3.63, 3.8) is 0 Å². The molecule has 2 N–H and O–H groups in total. The highest BCUT2D eigenvalue weighted by molar-refractivity contribution is 7.59. The van der Waals surface area contributed by atoms with E-state index in [2.05, 4.69) is 15.6 Å². The van der Waals surface area contributed by atoms with Gasteiger partial charge in [0.15, 0.2) is 17.5 Å². The maximum atomic E-state index is 13.5. The Bertz CT molecular complexity index is 1110. The summed E-state index contributed by atoms with van der Waals surface area (Å²) in [6.07, 6.45) is 0.608. The Labute approximate surface area is 216 Å². The highest BCUT2D eigenvalue weighted by Gasteiger charge is 2.35. The number of rotatable bonds is 4. The van der Waals surface area contributed by atoms with Gasteiger partial charge in [0, 0.05) is 37.8 Å². The number of fused-ring (bicyclic) bond motifs is 1. The number of anilines is 3. The van der Waals surface area contributed by atoms with Crippen molar-refractivity contribution in [2.45, 2.75) is 39.3 Å². The molecule has 2 atom stereocenters. The summed E-state index contributed by atoms with van der Waals surface area (Å²) in [6.45, 7) is 6.48. The van der Waals surface area contributed by atoms with Gasteiger partial charge in [0.05, 0.1) is 17.1 Å². The van der Waals surface area contributed by atoms with Crippen molar-refractivity contribution in [2.75, 3.05) is 35.7 Å². The maximum absolute atomic E-state index is 13.5. The number of hydrogen-bond acceptors (Lipinski definition) is 5. The zero-order chi connectivity index (χ0) is 24.0. The average Bonchev–Trinajstić information content (AvgIpc) is 3.20. The van der Waals surface area contributed by atoms with Crippen molar-refractivity contribution in [3.8, 4) is 0 Å². The Balaban J connectivity index is 0.00000216. The molecule has 1 saturated heterocycles. The molecule has 0 saturated carbocycles. The van der Waals surface area contributed by atoms with Gasteiger partial charge in [0.2, 0.25) is 5.91 Å². The predicted octanol–water partition coefficient (Wildman–Crippen LogP) is 3.77. The van der Waals surface area contributed by atoms with E-state index in [1.165, 1.54) is 4.90 Å². The van der Waals surface area contributed by atoms with Crippen LogP contribution in [0.2, 0.25) is 0 Å². The fraction of sp³-hybridized carbons (Fsp3) is 0.435. The number of benzene rings is 1. The number of likely N-dealkylation sites (tertiary alicyclic amines) is 1. The number of halogens is 3. The third-order valence-corrected chi connectivity index (χ3v) is 6.18. The number of amides is 2. The van der Waals surface area contributed by atoms with Crippen molar-refractivity contribution in [3.05, 3.63) is 46.9 Å². The van der Waals surface area contributed by atoms with Crippen LogP contribution in [0.4, 0.5) is 30.4 Å². The summed E-state index contributed by atoms with van der Waals surface area (Å²) >= 11 is 0. The first-order chi connectivity index (χ1) is 15.6. The van der Waals surface area contributed by atoms with Crippen molar-refractivity contribution >= 4 is 56.0 Å². The highest BCUT2D eigenvalue weighted by atomic mass is 32.1. The van der Waals surface area contributed by atoms with E-state index in [0.717, 1.165) is 5.69 Å². The molecule has 3 heterocycles. The molecule has 35 heavy (non-hydrogen) atoms. The van der Waals surface area contributed by atoms with E-state index < -0.39 is 23.4 Å². The maximum Gasteiger partial charge on any atom is 0.254 e. The molecule has 0 spiro atoms. The van der Waals surface area contributed by atoms with Gasteiger partial charge in [-0.3, -0.25) is 9.59 Å². The number of pyridine rings is 1. The SMILES string of the molecule is Cc1nc(N[C@H]2CCN(C(=O)c3cc(F)c(F)c(F)c3)C2)cc2c1NC(=O)[C@H](C(C)C)N2C.S.S. The molecule has 12 heteroatoms. The van der Waals surface area contributed by atoms with Gasteiger partial charge in [-0.05, 0) is 31.4 Å². The number of nitrogens with zero attached hydrogens (tertiary/aromatic N) is 3. The lowest BCUT2D eigenvalue weighted by Crippen LogP contribution is -2.49. The van der Waals surface area contributed by atoms with Gasteiger partial charge in [0.1, 0.15) is 11.9 Å². The Morgan fingerprint density at radius 3 is 2.40 bits per heavy atom. The van der Waals surface area contributed by atoms with Gasteiger partial charge in [0.25, 0.3) is 5.91 Å². The number of carbonyl (C=O) groups is 2. The first-order valence-electron chi connectivity index (χ1n) is 10.8. The summed E-state index contributed by atoms with van der Waals surface area (Å²) < 4.78 is 40.3. The van der Waals surface area contributed by atoms with Gasteiger partial charge in [-0.15, -0.1) is 0 Å². The van der Waals surface area contributed by atoms with Crippen molar-refractivity contribution in [2.24, 2.45) is 5.92 Å². The summed E-state index contributed by atoms with van der Waals surface area (Å²) in [5.41, 5.74) is 1.97. The lowest BCUT2D eigenvalue weighted by atomic mass is 9.98. The number of aryl methyl sites for hydroxylation is 1. The van der Waals surface area contributed by atoms with Crippen LogP contribution in [-0.4, -0.2) is 53.9 Å². The molecule has 0 aliphatic carbocycles. The van der Waals surface area contributed by atoms with E-state index in [-0.39, 0.29) is 56.5 Å². The average molecular weight is 530 g/mol. The minimum Gasteiger partial charge on any atom is -0.365 e. The molecule has 7 nitrogen and oxygen atoms in total. The van der Waals surface area contributed by atoms with E-state index in [0.29, 0.717) is 48.8 Å². The summed E-state index contributed by atoms with van der Waals surface area (Å²) in [5.74, 6) is -4.28. The summed E-state index contributed by atoms with van der Waals surface area (Å²) in [6, 6.07) is 2.87. The molecule has 1 aromatic heterocycles. The Morgan fingerprint density at radius 1 is 1.17 bits per heavy atom. The normalized spacial score (nSPS) is 19.0. The number of carbonyl (C=O) groups excluding carboxylic acids is 2. The molecule has 2 amide bonds. The van der Waals surface area contributed by atoms with Gasteiger partial charge in [-0.1, -0.05) is 13.8 Å². The number of likely N-dealkylation sites (N-methyl/N-ethyl adjacent to an activating group) is 1. The minimum atomic E-state index is -1.60. The third-order valence-electron chi connectivity index (χ3n) is 6.18. The van der Waals surface area contributed by atoms with Crippen LogP contribution < -0.4 is 15.5 Å². The van der Waals surface area contributed by atoms with E-state index in [1.54, 1.807) is 0 Å². The molecule has 2 aliphatic heterocycles. The molecule has 4 rings (SSSR count). The lowest BCUT2D eigenvalue weighted by Gasteiger charge is -2.38. The Morgan fingerprint density at radius 2 is 1.80 bits per heavy atom. The first kappa shape index (κ1) is 28.6. The van der Waals surface area contributed by atoms with Gasteiger partial charge < -0.3 is 20.4 Å². The van der Waals surface area contributed by atoms with Crippen LogP contribution in [0.1, 0.15) is 36.3 Å². The summed E-state index contributed by atoms with van der Waals surface area (Å²) in [5, 5.41) is 6.28. The van der Waals surface area contributed by atoms with Crippen LogP contribution in [-0.2, 0) is 4.79 Å². The second-order valence-corrected chi connectivity index (χ2v) is 8.91. The fourth-order valence-corrected chi connectivity index (χ4v) is 4.57. The molecule has 0 radical (unpaired) electrons. The zero-order valence-electron chi connectivity index (χ0n) is 19.9. The van der Waals surface area contributed by atoms with E-state index in [1.807, 2.05) is 38.8 Å². The molecular weight excluding hydrogens is 499 g/mol. The second-order valence-electron chi connectivity index (χ2n) is 8.91. The summed E-state index contributed by atoms with van der Waals surface area (Å²) in [7, 11) is 1.88. The minimum absolute atomic E-state index is 0. The molecule has 0 bridgehead atoms. The zero-order valence-corrected chi connectivity index (χ0v) is 21.9. The van der Waals surface area contributed by atoms with Crippen molar-refractivity contribution in [1.29, 1.82) is 0 Å². The molecule has 1 aromatic carbocycles. The van der Waals surface area contributed by atoms with E-state index >= 15 is 0 Å². The lowest BCUT2D eigenvalue weighted by molar-refractivity contribution is -0.118. The van der Waals surface area contributed by atoms with Crippen LogP contribution in [0.3, 0.4) is 0 Å². The van der Waals surface area contributed by atoms with Gasteiger partial charge in [-0.25, -0.2) is 18.2 Å². The quantitative estimate of drug-likeness (QED) is 0.590. The van der Waals surface area contributed by atoms with Crippen LogP contribution in [0.5, 0.6) is 0 Å². The van der Waals surface area contributed by atoms with Crippen molar-refractivity contribution in [1.82, 2.24) is 9.88 Å². The van der Waals surface area contributed by atoms with E-state index in [4.69, 9.17) is 0 Å². The molecule has 2 aliphatic rings. The third kappa shape index (κ3) is 5.48. The van der Waals surface area contributed by atoms with Crippen LogP contribution in [0, 0.1) is 30.3 Å². The molecule has 1 fully saturated rings. The first-order valence-corrected chi connectivity index (χ1v) is 10.8. The standard InChI is InChI=1S/C23H26F3N5O2.2H2S/c1-11(2)21-22(32)29-20-12(3)27-18(9-17(20)30(21)4)28-14-5-6-31(10-14)23(33)13-7-15(24)19(26)16(25)8-13;;/h7-9,11,14,21H,5-6,10H2,1-4H3,(H,27,28)(H,29,32);2*1H2/t14-,21-;;/m0../s1. The predicted molar refractivity (Wildman–Crippen MR) is 140 cm³/mol. The van der Waals surface area contributed by atoms with Gasteiger partial charge >= 0.3 is 0 Å². The fourth-order valence-electron chi connectivity index (χ4n) is 4.57. The monoisotopic (exact) mass is 529 g/mol. The topological polar surface area (TPSA) is 77.6 Å². The number of aromatic nitrogens is 1. The van der Waals surface area contributed by atoms with E-state index in [9.17, 15) is 22.8 Å². The van der Waals surface area contributed by atoms with Crippen molar-refractivity contribution < 1.29 is 22.8 Å². The molecule has 2 aromatic rings. The second kappa shape index (κ2) is 11.0. The summed E-state index contributed by atoms with van der Waals surface area (Å²) in [4.78, 5) is 33.1. The Hall–Kier alpha value is -2.60. The molecule has 0 unspecified atom stereocenters. The van der Waals surface area contributed by atoms with Crippen LogP contribution in [0.15, 0.2) is 18.2 Å². The Kier molecular flexibility index (Phi) is 8.99. The smallest absolute Gasteiger partial charge is 0.254 e. The molecular formula is C23H30F3N5O2S2. The van der Waals surface area contributed by atoms with Crippen LogP contribution in [0.25, 0.3) is 0 Å².